The highest BCUT2D eigenvalue weighted by Crippen LogP contribution is 1.95. The van der Waals surface area contributed by atoms with Crippen LogP contribution in [-0.4, -0.2) is 10.5 Å². The van der Waals surface area contributed by atoms with Gasteiger partial charge in [0.05, 0.1) is 0 Å². The van der Waals surface area contributed by atoms with Gasteiger partial charge in [-0.1, -0.05) is 18.2 Å². The van der Waals surface area contributed by atoms with Crippen molar-refractivity contribution in [2.24, 2.45) is 0 Å². The molecule has 0 amide bonds. The van der Waals surface area contributed by atoms with E-state index in [0.717, 1.165) is 5.69 Å². The fourth-order valence-electron chi connectivity index (χ4n) is 0.453. The summed E-state index contributed by atoms with van der Waals surface area (Å²) in [6.07, 6.45) is 0. The maximum atomic E-state index is 6.00. The first-order chi connectivity index (χ1) is 4.39. The third-order valence-electron chi connectivity index (χ3n) is 0.800. The number of hydrogen-bond donors (Lipinski definition) is 3. The van der Waals surface area contributed by atoms with E-state index in [1.807, 2.05) is 30.3 Å². The number of nitrogens with two attached hydrogens (primary N) is 1. The molecule has 0 unspecified atom stereocenters. The molecule has 0 heterocycles. The predicted octanol–water partition coefficient (Wildman–Crippen LogP) is 1.29. The zero-order valence-electron chi connectivity index (χ0n) is 4.86. The molecule has 0 aliphatic rings. The number of benzene rings is 1. The molecule has 50 valence electrons. The Morgan fingerprint density at radius 2 is 1.44 bits per heavy atom. The molecule has 0 bridgehead atoms. The molecule has 0 saturated heterocycles. The standard InChI is InChI=1S/C6H7N.H2O2/c7-6-4-2-1-3-5-6;1-2/h1-5H,7H2;1-2H. The van der Waals surface area contributed by atoms with Gasteiger partial charge in [0.1, 0.15) is 0 Å². The molecular weight excluding hydrogens is 118 g/mol. The van der Waals surface area contributed by atoms with Gasteiger partial charge in [0, 0.05) is 5.69 Å². The van der Waals surface area contributed by atoms with Crippen LogP contribution in [0.3, 0.4) is 0 Å². The van der Waals surface area contributed by atoms with Gasteiger partial charge in [-0.15, -0.1) is 0 Å². The molecule has 0 aromatic heterocycles. The predicted molar refractivity (Wildman–Crippen MR) is 36.1 cm³/mol. The van der Waals surface area contributed by atoms with Crippen LogP contribution in [0.15, 0.2) is 30.3 Å². The molecule has 9 heavy (non-hydrogen) atoms. The Bertz CT molecular complexity index is 141. The van der Waals surface area contributed by atoms with Crippen LogP contribution >= 0.6 is 0 Å². The summed E-state index contributed by atoms with van der Waals surface area (Å²) in [5.41, 5.74) is 6.18. The van der Waals surface area contributed by atoms with Crippen molar-refractivity contribution in [2.45, 2.75) is 0 Å². The van der Waals surface area contributed by atoms with Gasteiger partial charge in [0.25, 0.3) is 0 Å². The van der Waals surface area contributed by atoms with E-state index < -0.39 is 0 Å². The Labute approximate surface area is 53.3 Å². The van der Waals surface area contributed by atoms with Gasteiger partial charge < -0.3 is 5.73 Å². The molecule has 0 spiro atoms. The van der Waals surface area contributed by atoms with Gasteiger partial charge in [-0.05, 0) is 12.1 Å². The molecule has 0 aliphatic heterocycles. The van der Waals surface area contributed by atoms with Gasteiger partial charge >= 0.3 is 0 Å². The molecule has 0 aliphatic carbocycles. The van der Waals surface area contributed by atoms with Crippen molar-refractivity contribution in [3.8, 4) is 0 Å². The molecule has 1 aromatic rings. The van der Waals surface area contributed by atoms with Crippen LogP contribution in [0.1, 0.15) is 0 Å². The van der Waals surface area contributed by atoms with Crippen molar-refractivity contribution in [1.29, 1.82) is 0 Å². The molecule has 3 heteroatoms. The number of para-hydroxylation sites is 1. The molecule has 4 N–H and O–H groups in total. The zero-order chi connectivity index (χ0) is 7.11. The lowest BCUT2D eigenvalue weighted by molar-refractivity contribution is -0.176. The lowest BCUT2D eigenvalue weighted by Gasteiger charge is -1.83. The second-order valence-electron chi connectivity index (χ2n) is 1.41. The monoisotopic (exact) mass is 127 g/mol. The first kappa shape index (κ1) is 7.94. The van der Waals surface area contributed by atoms with Crippen molar-refractivity contribution >= 4 is 5.69 Å². The average Bonchev–Trinajstić information content (AvgIpc) is 1.94. The smallest absolute Gasteiger partial charge is 0.0313 e. The normalized spacial score (nSPS) is 7.33. The molecule has 3 nitrogen and oxygen atoms in total. The van der Waals surface area contributed by atoms with E-state index in [0.29, 0.717) is 0 Å². The van der Waals surface area contributed by atoms with E-state index in [4.69, 9.17) is 16.2 Å². The second kappa shape index (κ2) is 5.08. The van der Waals surface area contributed by atoms with Crippen LogP contribution in [0.5, 0.6) is 0 Å². The molecule has 0 radical (unpaired) electrons. The zero-order valence-corrected chi connectivity index (χ0v) is 4.86. The van der Waals surface area contributed by atoms with E-state index in [1.165, 1.54) is 0 Å². The van der Waals surface area contributed by atoms with Crippen LogP contribution < -0.4 is 5.73 Å². The second-order valence-corrected chi connectivity index (χ2v) is 1.41. The van der Waals surface area contributed by atoms with Crippen molar-refractivity contribution in [1.82, 2.24) is 0 Å². The minimum Gasteiger partial charge on any atom is -0.399 e. The van der Waals surface area contributed by atoms with E-state index in [-0.39, 0.29) is 0 Å². The summed E-state index contributed by atoms with van der Waals surface area (Å²) in [6.45, 7) is 0. The number of anilines is 1. The van der Waals surface area contributed by atoms with Crippen molar-refractivity contribution in [3.63, 3.8) is 0 Å². The molecule has 0 atom stereocenters. The van der Waals surface area contributed by atoms with Crippen LogP contribution in [0.25, 0.3) is 0 Å². The number of hydrogen-bond acceptors (Lipinski definition) is 3. The highest BCUT2D eigenvalue weighted by atomic mass is 17.0. The summed E-state index contributed by atoms with van der Waals surface area (Å²) in [5.74, 6) is 0. The largest absolute Gasteiger partial charge is 0.399 e. The van der Waals surface area contributed by atoms with Crippen molar-refractivity contribution < 1.29 is 10.5 Å². The Balaban J connectivity index is 0.000000291. The molecule has 1 aromatic carbocycles. The lowest BCUT2D eigenvalue weighted by atomic mass is 10.3. The highest BCUT2D eigenvalue weighted by molar-refractivity contribution is 5.35. The summed E-state index contributed by atoms with van der Waals surface area (Å²) in [7, 11) is 0. The third kappa shape index (κ3) is 3.52. The highest BCUT2D eigenvalue weighted by Gasteiger charge is 1.72. The molecule has 0 fully saturated rings. The van der Waals surface area contributed by atoms with E-state index in [2.05, 4.69) is 0 Å². The lowest BCUT2D eigenvalue weighted by Crippen LogP contribution is -1.79. The van der Waals surface area contributed by atoms with Crippen molar-refractivity contribution in [3.05, 3.63) is 30.3 Å². The summed E-state index contributed by atoms with van der Waals surface area (Å²) < 4.78 is 0. The minimum absolute atomic E-state index is 0.822. The SMILES string of the molecule is Nc1ccccc1.OO. The van der Waals surface area contributed by atoms with E-state index in [9.17, 15) is 0 Å². The Kier molecular flexibility index (Phi) is 4.49. The summed E-state index contributed by atoms with van der Waals surface area (Å²) in [4.78, 5) is 0. The third-order valence-corrected chi connectivity index (χ3v) is 0.800. The maximum Gasteiger partial charge on any atom is 0.0313 e. The fourth-order valence-corrected chi connectivity index (χ4v) is 0.453. The first-order valence-corrected chi connectivity index (χ1v) is 2.40. The van der Waals surface area contributed by atoms with Gasteiger partial charge in [-0.2, -0.15) is 0 Å². The molecule has 0 saturated carbocycles. The maximum absolute atomic E-state index is 6.00. The Morgan fingerprint density at radius 3 is 1.67 bits per heavy atom. The number of nitrogen functional groups attached to an aromatic ring is 1. The van der Waals surface area contributed by atoms with Crippen LogP contribution in [0.2, 0.25) is 0 Å². The topological polar surface area (TPSA) is 66.5 Å². The minimum atomic E-state index is 0.822. The van der Waals surface area contributed by atoms with Crippen LogP contribution in [0, 0.1) is 0 Å². The van der Waals surface area contributed by atoms with Crippen LogP contribution in [-0.2, 0) is 0 Å². The van der Waals surface area contributed by atoms with E-state index >= 15 is 0 Å². The average molecular weight is 127 g/mol. The molecular formula is C6H9NO2. The van der Waals surface area contributed by atoms with Gasteiger partial charge in [-0.3, -0.25) is 10.5 Å². The quantitative estimate of drug-likeness (QED) is 0.279. The number of rotatable bonds is 0. The van der Waals surface area contributed by atoms with Gasteiger partial charge in [-0.25, -0.2) is 0 Å². The fraction of sp³-hybridized carbons (Fsp3) is 0. The van der Waals surface area contributed by atoms with Crippen LogP contribution in [0.4, 0.5) is 5.69 Å². The summed E-state index contributed by atoms with van der Waals surface area (Å²) in [5, 5.41) is 12.0. The first-order valence-electron chi connectivity index (χ1n) is 2.40. The Hall–Kier alpha value is -1.06. The summed E-state index contributed by atoms with van der Waals surface area (Å²) >= 11 is 0. The van der Waals surface area contributed by atoms with Gasteiger partial charge in [0.2, 0.25) is 0 Å². The summed E-state index contributed by atoms with van der Waals surface area (Å²) in [6, 6.07) is 9.49. The van der Waals surface area contributed by atoms with E-state index in [1.54, 1.807) is 0 Å². The molecule has 1 rings (SSSR count). The van der Waals surface area contributed by atoms with Gasteiger partial charge in [0.15, 0.2) is 0 Å². The van der Waals surface area contributed by atoms with Crippen molar-refractivity contribution in [2.75, 3.05) is 5.73 Å². The Morgan fingerprint density at radius 1 is 1.00 bits per heavy atom.